The second kappa shape index (κ2) is 8.40. The van der Waals surface area contributed by atoms with E-state index in [2.05, 4.69) is 20.8 Å². The van der Waals surface area contributed by atoms with Crippen molar-refractivity contribution in [1.82, 2.24) is 20.2 Å². The quantitative estimate of drug-likeness (QED) is 0.577. The zero-order chi connectivity index (χ0) is 20.1. The summed E-state index contributed by atoms with van der Waals surface area (Å²) in [5, 5.41) is 14.7. The lowest BCUT2D eigenvalue weighted by Crippen LogP contribution is -2.14. The summed E-state index contributed by atoms with van der Waals surface area (Å²) in [6, 6.07) is 13.2. The fraction of sp³-hybridized carbons (Fsp3) is 0.176. The molecule has 1 heterocycles. The molecule has 0 aliphatic rings. The summed E-state index contributed by atoms with van der Waals surface area (Å²) in [5.74, 6) is 0.405. The first-order valence-corrected chi connectivity index (χ1v) is 10.9. The van der Waals surface area contributed by atoms with Gasteiger partial charge >= 0.3 is 0 Å². The number of nitrogens with zero attached hydrogens (tertiary/aromatic N) is 4. The van der Waals surface area contributed by atoms with Crippen LogP contribution in [0.5, 0.6) is 5.75 Å². The van der Waals surface area contributed by atoms with Crippen molar-refractivity contribution < 1.29 is 17.9 Å². The van der Waals surface area contributed by atoms with Gasteiger partial charge in [0.2, 0.25) is 11.1 Å². The lowest BCUT2D eigenvalue weighted by Gasteiger charge is -2.09. The van der Waals surface area contributed by atoms with Crippen molar-refractivity contribution in [2.45, 2.75) is 10.1 Å². The predicted octanol–water partition coefficient (Wildman–Crippen LogP) is 1.81. The minimum absolute atomic E-state index is 0.0728. The molecule has 0 saturated heterocycles. The number of sulfone groups is 1. The molecule has 0 bridgehead atoms. The Morgan fingerprint density at radius 1 is 1.18 bits per heavy atom. The number of thioether (sulfide) groups is 1. The number of rotatable bonds is 7. The second-order valence-electron chi connectivity index (χ2n) is 5.68. The van der Waals surface area contributed by atoms with Crippen LogP contribution in [0.3, 0.4) is 0 Å². The minimum Gasteiger partial charge on any atom is -0.494 e. The highest BCUT2D eigenvalue weighted by Gasteiger charge is 2.15. The molecular formula is C17H17N5O4S2. The normalized spacial score (nSPS) is 11.2. The second-order valence-corrected chi connectivity index (χ2v) is 8.64. The Morgan fingerprint density at radius 3 is 2.57 bits per heavy atom. The highest BCUT2D eigenvalue weighted by molar-refractivity contribution is 7.99. The molecule has 0 saturated carbocycles. The minimum atomic E-state index is -3.28. The number of hydrogen-bond acceptors (Lipinski definition) is 8. The molecule has 3 aromatic rings. The summed E-state index contributed by atoms with van der Waals surface area (Å²) in [7, 11) is -1.72. The first-order chi connectivity index (χ1) is 13.4. The van der Waals surface area contributed by atoms with Crippen LogP contribution in [0.1, 0.15) is 0 Å². The SMILES string of the molecule is COc1ccccc1-n1nnnc1SCC(=O)Nc1ccc(S(C)(=O)=O)cc1. The number of ether oxygens (including phenoxy) is 1. The number of para-hydroxylation sites is 2. The van der Waals surface area contributed by atoms with E-state index in [1.165, 1.54) is 40.7 Å². The van der Waals surface area contributed by atoms with Crippen molar-refractivity contribution in [2.75, 3.05) is 24.4 Å². The van der Waals surface area contributed by atoms with Crippen molar-refractivity contribution in [3.63, 3.8) is 0 Å². The summed E-state index contributed by atoms with van der Waals surface area (Å²) >= 11 is 1.17. The maximum atomic E-state index is 12.2. The molecule has 0 fully saturated rings. The number of hydrogen-bond donors (Lipinski definition) is 1. The number of carbonyl (C=O) groups excluding carboxylic acids is 1. The van der Waals surface area contributed by atoms with Crippen molar-refractivity contribution in [2.24, 2.45) is 0 Å². The average molecular weight is 419 g/mol. The van der Waals surface area contributed by atoms with E-state index < -0.39 is 9.84 Å². The van der Waals surface area contributed by atoms with Crippen LogP contribution in [-0.4, -0.2) is 53.7 Å². The van der Waals surface area contributed by atoms with Crippen LogP contribution >= 0.6 is 11.8 Å². The monoisotopic (exact) mass is 419 g/mol. The highest BCUT2D eigenvalue weighted by atomic mass is 32.2. The van der Waals surface area contributed by atoms with E-state index in [1.54, 1.807) is 13.2 Å². The van der Waals surface area contributed by atoms with Crippen LogP contribution < -0.4 is 10.1 Å². The Morgan fingerprint density at radius 2 is 1.89 bits per heavy atom. The van der Waals surface area contributed by atoms with Gasteiger partial charge < -0.3 is 10.1 Å². The van der Waals surface area contributed by atoms with Crippen LogP contribution in [0.2, 0.25) is 0 Å². The number of anilines is 1. The van der Waals surface area contributed by atoms with Crippen molar-refractivity contribution in [3.05, 3.63) is 48.5 Å². The molecule has 0 radical (unpaired) electrons. The summed E-state index contributed by atoms with van der Waals surface area (Å²) in [6.07, 6.45) is 1.13. The van der Waals surface area contributed by atoms with E-state index in [-0.39, 0.29) is 16.6 Å². The fourth-order valence-electron chi connectivity index (χ4n) is 2.34. The molecule has 1 aromatic heterocycles. The standard InChI is InChI=1S/C17H17N5O4S2/c1-26-15-6-4-3-5-14(15)22-17(19-20-21-22)27-11-16(23)18-12-7-9-13(10-8-12)28(2,24)25/h3-10H,11H2,1-2H3,(H,18,23). The third kappa shape index (κ3) is 4.67. The van der Waals surface area contributed by atoms with E-state index in [4.69, 9.17) is 4.74 Å². The van der Waals surface area contributed by atoms with Crippen LogP contribution in [0.4, 0.5) is 5.69 Å². The molecule has 3 rings (SSSR count). The first kappa shape index (κ1) is 19.8. The molecule has 0 aliphatic heterocycles. The summed E-state index contributed by atoms with van der Waals surface area (Å²) in [5.41, 5.74) is 1.16. The molecule has 1 amide bonds. The maximum Gasteiger partial charge on any atom is 0.234 e. The lowest BCUT2D eigenvalue weighted by atomic mass is 10.3. The third-order valence-electron chi connectivity index (χ3n) is 3.65. The summed E-state index contributed by atoms with van der Waals surface area (Å²) in [6.45, 7) is 0. The zero-order valence-electron chi connectivity index (χ0n) is 15.1. The van der Waals surface area contributed by atoms with Gasteiger partial charge in [-0.2, -0.15) is 4.68 Å². The van der Waals surface area contributed by atoms with Gasteiger partial charge in [-0.05, 0) is 46.8 Å². The highest BCUT2D eigenvalue weighted by Crippen LogP contribution is 2.25. The Balaban J connectivity index is 1.65. The van der Waals surface area contributed by atoms with E-state index in [0.717, 1.165) is 6.26 Å². The lowest BCUT2D eigenvalue weighted by molar-refractivity contribution is -0.113. The first-order valence-electron chi connectivity index (χ1n) is 8.03. The van der Waals surface area contributed by atoms with Gasteiger partial charge in [0.05, 0.1) is 17.8 Å². The molecule has 146 valence electrons. The van der Waals surface area contributed by atoms with Gasteiger partial charge in [0.25, 0.3) is 0 Å². The Kier molecular flexibility index (Phi) is 5.95. The summed E-state index contributed by atoms with van der Waals surface area (Å²) in [4.78, 5) is 12.4. The number of aromatic nitrogens is 4. The average Bonchev–Trinajstić information content (AvgIpc) is 3.14. The Hall–Kier alpha value is -2.92. The Labute approximate surface area is 166 Å². The third-order valence-corrected chi connectivity index (χ3v) is 5.70. The molecule has 0 unspecified atom stereocenters. The number of carbonyl (C=O) groups is 1. The molecule has 0 aliphatic carbocycles. The molecule has 28 heavy (non-hydrogen) atoms. The van der Waals surface area contributed by atoms with E-state index >= 15 is 0 Å². The van der Waals surface area contributed by atoms with Crippen LogP contribution in [0, 0.1) is 0 Å². The van der Waals surface area contributed by atoms with Gasteiger partial charge in [0.15, 0.2) is 9.84 Å². The molecular weight excluding hydrogens is 402 g/mol. The van der Waals surface area contributed by atoms with E-state index in [9.17, 15) is 13.2 Å². The van der Waals surface area contributed by atoms with Crippen molar-refractivity contribution in [1.29, 1.82) is 0 Å². The molecule has 2 aromatic carbocycles. The van der Waals surface area contributed by atoms with Crippen LogP contribution in [-0.2, 0) is 14.6 Å². The topological polar surface area (TPSA) is 116 Å². The van der Waals surface area contributed by atoms with Gasteiger partial charge in [-0.1, -0.05) is 23.9 Å². The van der Waals surface area contributed by atoms with Crippen molar-refractivity contribution in [3.8, 4) is 11.4 Å². The molecule has 11 heteroatoms. The number of tetrazole rings is 1. The van der Waals surface area contributed by atoms with Gasteiger partial charge in [0.1, 0.15) is 11.4 Å². The molecule has 1 N–H and O–H groups in total. The smallest absolute Gasteiger partial charge is 0.234 e. The van der Waals surface area contributed by atoms with E-state index in [1.807, 2.05) is 18.2 Å². The molecule has 0 atom stereocenters. The largest absolute Gasteiger partial charge is 0.494 e. The van der Waals surface area contributed by atoms with Gasteiger partial charge in [-0.25, -0.2) is 8.42 Å². The number of amides is 1. The predicted molar refractivity (Wildman–Crippen MR) is 105 cm³/mol. The molecule has 0 spiro atoms. The van der Waals surface area contributed by atoms with Crippen molar-refractivity contribution >= 4 is 33.2 Å². The Bertz CT molecular complexity index is 1080. The number of methoxy groups -OCH3 is 1. The van der Waals surface area contributed by atoms with Crippen LogP contribution in [0.15, 0.2) is 58.6 Å². The molecule has 9 nitrogen and oxygen atoms in total. The number of benzene rings is 2. The summed E-state index contributed by atoms with van der Waals surface area (Å²) < 4.78 is 29.8. The number of nitrogens with one attached hydrogen (secondary N) is 1. The van der Waals surface area contributed by atoms with Crippen LogP contribution in [0.25, 0.3) is 5.69 Å². The van der Waals surface area contributed by atoms with Gasteiger partial charge in [0, 0.05) is 11.9 Å². The fourth-order valence-corrected chi connectivity index (χ4v) is 3.65. The zero-order valence-corrected chi connectivity index (χ0v) is 16.7. The van der Waals surface area contributed by atoms with E-state index in [0.29, 0.717) is 22.3 Å². The van der Waals surface area contributed by atoms with Gasteiger partial charge in [-0.3, -0.25) is 4.79 Å². The maximum absolute atomic E-state index is 12.2. The van der Waals surface area contributed by atoms with Gasteiger partial charge in [-0.15, -0.1) is 5.10 Å².